The van der Waals surface area contributed by atoms with Crippen molar-refractivity contribution in [2.45, 2.75) is 31.9 Å². The van der Waals surface area contributed by atoms with Crippen LogP contribution in [0.2, 0.25) is 5.15 Å². The molecule has 120 valence electrons. The molecule has 9 heteroatoms. The Morgan fingerprint density at radius 1 is 1.32 bits per heavy atom. The summed E-state index contributed by atoms with van der Waals surface area (Å²) in [6.45, 7) is 1.21. The molecule has 0 amide bonds. The van der Waals surface area contributed by atoms with E-state index in [2.05, 4.69) is 16.0 Å². The van der Waals surface area contributed by atoms with Gasteiger partial charge in [0.25, 0.3) is 0 Å². The fraction of sp³-hybridized carbons (Fsp3) is 0.615. The van der Waals surface area contributed by atoms with Gasteiger partial charge in [0.05, 0.1) is 11.8 Å². The molecule has 0 aromatic carbocycles. The van der Waals surface area contributed by atoms with Gasteiger partial charge < -0.3 is 4.90 Å². The fourth-order valence-electron chi connectivity index (χ4n) is 2.26. The van der Waals surface area contributed by atoms with Crippen LogP contribution in [-0.2, 0) is 6.42 Å². The minimum atomic E-state index is -4.23. The van der Waals surface area contributed by atoms with Gasteiger partial charge in [0, 0.05) is 31.8 Å². The predicted molar refractivity (Wildman–Crippen MR) is 84.7 cm³/mol. The molecule has 0 spiro atoms. The van der Waals surface area contributed by atoms with Gasteiger partial charge in [-0.3, -0.25) is 0 Å². The largest absolute Gasteiger partial charge is 0.389 e. The van der Waals surface area contributed by atoms with E-state index in [1.54, 1.807) is 0 Å². The van der Waals surface area contributed by atoms with Crippen molar-refractivity contribution >= 4 is 40.0 Å². The number of aromatic nitrogens is 2. The van der Waals surface area contributed by atoms with E-state index >= 15 is 0 Å². The van der Waals surface area contributed by atoms with Crippen LogP contribution < -0.4 is 4.90 Å². The molecule has 0 N–H and O–H groups in total. The maximum Gasteiger partial charge on any atom is 0.389 e. The van der Waals surface area contributed by atoms with Crippen LogP contribution in [0, 0.1) is 20.9 Å². The van der Waals surface area contributed by atoms with Gasteiger partial charge in [-0.1, -0.05) is 11.6 Å². The third-order valence-corrected chi connectivity index (χ3v) is 4.60. The van der Waals surface area contributed by atoms with Gasteiger partial charge in [0.2, 0.25) is 0 Å². The molecule has 2 rings (SSSR count). The zero-order chi connectivity index (χ0) is 16.3. The standard InChI is InChI=1S/C13H13ClF3IN4/c14-10-12(22-5-2-8(7-19)3-6-22)20-9(11(18)21-10)1-4-13(15,16)17/h8H,1-6H2. The Kier molecular flexibility index (Phi) is 5.71. The van der Waals surface area contributed by atoms with Crippen molar-refractivity contribution in [1.29, 1.82) is 5.26 Å². The van der Waals surface area contributed by atoms with Gasteiger partial charge in [0.15, 0.2) is 11.0 Å². The normalized spacial score (nSPS) is 16.6. The smallest absolute Gasteiger partial charge is 0.354 e. The highest BCUT2D eigenvalue weighted by Crippen LogP contribution is 2.29. The zero-order valence-corrected chi connectivity index (χ0v) is 14.4. The molecule has 2 heterocycles. The van der Waals surface area contributed by atoms with Crippen molar-refractivity contribution in [2.75, 3.05) is 18.0 Å². The molecule has 0 aliphatic carbocycles. The van der Waals surface area contributed by atoms with E-state index < -0.39 is 12.6 Å². The highest BCUT2D eigenvalue weighted by Gasteiger charge is 2.28. The summed E-state index contributed by atoms with van der Waals surface area (Å²) in [6, 6.07) is 2.23. The van der Waals surface area contributed by atoms with Crippen molar-refractivity contribution in [1.82, 2.24) is 9.97 Å². The second-order valence-electron chi connectivity index (χ2n) is 5.08. The van der Waals surface area contributed by atoms with E-state index in [0.29, 0.717) is 41.1 Å². The summed E-state index contributed by atoms with van der Waals surface area (Å²) < 4.78 is 37.5. The molecular formula is C13H13ClF3IN4. The number of hydrogen-bond acceptors (Lipinski definition) is 4. The van der Waals surface area contributed by atoms with Crippen LogP contribution in [0.15, 0.2) is 0 Å². The first kappa shape index (κ1) is 17.5. The van der Waals surface area contributed by atoms with E-state index in [4.69, 9.17) is 16.9 Å². The zero-order valence-electron chi connectivity index (χ0n) is 11.5. The molecule has 1 saturated heterocycles. The Morgan fingerprint density at radius 3 is 2.50 bits per heavy atom. The molecule has 22 heavy (non-hydrogen) atoms. The van der Waals surface area contributed by atoms with Crippen LogP contribution >= 0.6 is 34.2 Å². The molecule has 4 nitrogen and oxygen atoms in total. The first-order valence-electron chi connectivity index (χ1n) is 6.73. The lowest BCUT2D eigenvalue weighted by atomic mass is 9.99. The monoisotopic (exact) mass is 444 g/mol. The summed E-state index contributed by atoms with van der Waals surface area (Å²) in [6.07, 6.45) is -3.99. The van der Waals surface area contributed by atoms with Crippen LogP contribution in [0.25, 0.3) is 0 Å². The number of nitrogens with zero attached hydrogens (tertiary/aromatic N) is 4. The van der Waals surface area contributed by atoms with Gasteiger partial charge in [-0.25, -0.2) is 9.97 Å². The second-order valence-corrected chi connectivity index (χ2v) is 6.46. The number of rotatable bonds is 3. The molecule has 1 aliphatic rings. The van der Waals surface area contributed by atoms with E-state index in [0.717, 1.165) is 0 Å². The van der Waals surface area contributed by atoms with Crippen LogP contribution in [0.1, 0.15) is 25.0 Å². The summed E-state index contributed by atoms with van der Waals surface area (Å²) in [7, 11) is 0. The number of anilines is 1. The van der Waals surface area contributed by atoms with Crippen LogP contribution in [0.4, 0.5) is 19.0 Å². The molecule has 1 aromatic heterocycles. The second kappa shape index (κ2) is 7.17. The SMILES string of the molecule is N#CC1CCN(c2nc(CCC(F)(F)F)c(I)nc2Cl)CC1. The fourth-order valence-corrected chi connectivity index (χ4v) is 3.28. The summed E-state index contributed by atoms with van der Waals surface area (Å²) >= 11 is 7.94. The third kappa shape index (κ3) is 4.59. The van der Waals surface area contributed by atoms with Crippen molar-refractivity contribution in [2.24, 2.45) is 5.92 Å². The Balaban J connectivity index is 2.16. The number of piperidine rings is 1. The molecule has 1 fully saturated rings. The summed E-state index contributed by atoms with van der Waals surface area (Å²) in [5.41, 5.74) is 0.305. The van der Waals surface area contributed by atoms with Gasteiger partial charge in [0.1, 0.15) is 3.70 Å². The van der Waals surface area contributed by atoms with Gasteiger partial charge in [-0.05, 0) is 35.4 Å². The summed E-state index contributed by atoms with van der Waals surface area (Å²) in [5.74, 6) is 0.423. The van der Waals surface area contributed by atoms with Gasteiger partial charge in [-0.15, -0.1) is 0 Å². The first-order chi connectivity index (χ1) is 10.3. The molecule has 0 unspecified atom stereocenters. The van der Waals surface area contributed by atoms with Crippen LogP contribution in [0.3, 0.4) is 0 Å². The van der Waals surface area contributed by atoms with E-state index in [1.165, 1.54) is 0 Å². The van der Waals surface area contributed by atoms with Crippen molar-refractivity contribution in [3.05, 3.63) is 14.5 Å². The third-order valence-electron chi connectivity index (χ3n) is 3.48. The lowest BCUT2D eigenvalue weighted by molar-refractivity contribution is -0.134. The summed E-state index contributed by atoms with van der Waals surface area (Å²) in [4.78, 5) is 10.3. The Morgan fingerprint density at radius 2 is 1.95 bits per heavy atom. The number of halogens is 5. The lowest BCUT2D eigenvalue weighted by Gasteiger charge is -2.30. The summed E-state index contributed by atoms with van der Waals surface area (Å²) in [5, 5.41) is 9.09. The molecule has 0 saturated carbocycles. The molecule has 0 radical (unpaired) electrons. The number of nitriles is 1. The minimum absolute atomic E-state index is 0.0107. The van der Waals surface area contributed by atoms with Crippen molar-refractivity contribution in [3.63, 3.8) is 0 Å². The van der Waals surface area contributed by atoms with E-state index in [9.17, 15) is 13.2 Å². The maximum absolute atomic E-state index is 12.4. The predicted octanol–water partition coefficient (Wildman–Crippen LogP) is 3.97. The first-order valence-corrected chi connectivity index (χ1v) is 8.19. The number of hydrogen-bond donors (Lipinski definition) is 0. The van der Waals surface area contributed by atoms with Crippen LogP contribution in [0.5, 0.6) is 0 Å². The molecular weight excluding hydrogens is 432 g/mol. The van der Waals surface area contributed by atoms with E-state index in [1.807, 2.05) is 27.5 Å². The van der Waals surface area contributed by atoms with Gasteiger partial charge >= 0.3 is 6.18 Å². The lowest BCUT2D eigenvalue weighted by Crippen LogP contribution is -2.34. The topological polar surface area (TPSA) is 52.8 Å². The number of aryl methyl sites for hydroxylation is 1. The number of alkyl halides is 3. The van der Waals surface area contributed by atoms with Gasteiger partial charge in [-0.2, -0.15) is 18.4 Å². The Bertz CT molecular complexity index is 580. The highest BCUT2D eigenvalue weighted by atomic mass is 127. The Hall–Kier alpha value is -0.820. The minimum Gasteiger partial charge on any atom is -0.354 e. The van der Waals surface area contributed by atoms with E-state index in [-0.39, 0.29) is 17.5 Å². The van der Waals surface area contributed by atoms with Crippen LogP contribution in [-0.4, -0.2) is 29.2 Å². The average Bonchev–Trinajstić information content (AvgIpc) is 2.45. The quantitative estimate of drug-likeness (QED) is 0.662. The molecule has 0 bridgehead atoms. The Labute approximate surface area is 144 Å². The maximum atomic E-state index is 12.4. The van der Waals surface area contributed by atoms with Crippen molar-refractivity contribution in [3.8, 4) is 6.07 Å². The molecule has 1 aromatic rings. The average molecular weight is 445 g/mol. The molecule has 1 aliphatic heterocycles. The highest BCUT2D eigenvalue weighted by molar-refractivity contribution is 14.1. The van der Waals surface area contributed by atoms with Crippen molar-refractivity contribution < 1.29 is 13.2 Å². The molecule has 0 atom stereocenters.